The summed E-state index contributed by atoms with van der Waals surface area (Å²) in [6.07, 6.45) is 0. The Morgan fingerprint density at radius 1 is 1.06 bits per heavy atom. The van der Waals surface area contributed by atoms with Gasteiger partial charge in [0, 0.05) is 20.8 Å². The number of hydrogen-bond acceptors (Lipinski definition) is 2. The average molecular weight is 306 g/mol. The molecule has 0 aliphatic carbocycles. The Balaban J connectivity index is 2.19. The molecule has 1 aliphatic heterocycles. The molecular weight excluding hydrogens is 294 g/mol. The molecule has 17 heavy (non-hydrogen) atoms. The summed E-state index contributed by atoms with van der Waals surface area (Å²) >= 11 is 5.40. The molecule has 0 unspecified atom stereocenters. The SMILES string of the molecule is CCN1c2ccccc2Sc2ccc(Br)cc21. The molecule has 1 aliphatic rings. The van der Waals surface area contributed by atoms with Gasteiger partial charge in [0.25, 0.3) is 0 Å². The third kappa shape index (κ3) is 1.87. The van der Waals surface area contributed by atoms with E-state index in [1.165, 1.54) is 21.2 Å². The number of rotatable bonds is 1. The molecule has 0 aromatic heterocycles. The Hall–Kier alpha value is -0.930. The summed E-state index contributed by atoms with van der Waals surface area (Å²) in [6, 6.07) is 15.1. The summed E-state index contributed by atoms with van der Waals surface area (Å²) in [6.45, 7) is 3.18. The van der Waals surface area contributed by atoms with Crippen LogP contribution in [-0.2, 0) is 0 Å². The van der Waals surface area contributed by atoms with Crippen LogP contribution in [0.15, 0.2) is 56.7 Å². The minimum absolute atomic E-state index is 0.987. The van der Waals surface area contributed by atoms with Gasteiger partial charge in [0.1, 0.15) is 0 Å². The first-order chi connectivity index (χ1) is 8.29. The minimum Gasteiger partial charge on any atom is -0.340 e. The normalized spacial score (nSPS) is 13.2. The highest BCUT2D eigenvalue weighted by atomic mass is 79.9. The highest BCUT2D eigenvalue weighted by Crippen LogP contribution is 2.48. The zero-order valence-electron chi connectivity index (χ0n) is 9.48. The molecular formula is C14H12BrNS. The summed E-state index contributed by atoms with van der Waals surface area (Å²) in [5.41, 5.74) is 2.61. The largest absolute Gasteiger partial charge is 0.340 e. The lowest BCUT2D eigenvalue weighted by atomic mass is 10.2. The molecule has 3 rings (SSSR count). The van der Waals surface area contributed by atoms with Gasteiger partial charge < -0.3 is 4.90 Å². The van der Waals surface area contributed by atoms with Gasteiger partial charge in [0.2, 0.25) is 0 Å². The first-order valence-electron chi connectivity index (χ1n) is 5.63. The van der Waals surface area contributed by atoms with Gasteiger partial charge in [-0.15, -0.1) is 0 Å². The Labute approximate surface area is 114 Å². The van der Waals surface area contributed by atoms with Crippen molar-refractivity contribution in [3.05, 3.63) is 46.9 Å². The molecule has 0 spiro atoms. The summed E-state index contributed by atoms with van der Waals surface area (Å²) < 4.78 is 1.13. The molecule has 2 aromatic rings. The van der Waals surface area contributed by atoms with Crippen LogP contribution in [0.3, 0.4) is 0 Å². The molecule has 0 amide bonds. The van der Waals surface area contributed by atoms with Crippen LogP contribution in [0.2, 0.25) is 0 Å². The number of fused-ring (bicyclic) bond motifs is 2. The lowest BCUT2D eigenvalue weighted by molar-refractivity contribution is 0.978. The van der Waals surface area contributed by atoms with E-state index >= 15 is 0 Å². The van der Waals surface area contributed by atoms with Crippen LogP contribution in [0.5, 0.6) is 0 Å². The maximum Gasteiger partial charge on any atom is 0.0564 e. The quantitative estimate of drug-likeness (QED) is 0.723. The first kappa shape index (κ1) is 11.2. The van der Waals surface area contributed by atoms with E-state index in [0.717, 1.165) is 11.0 Å². The van der Waals surface area contributed by atoms with E-state index < -0.39 is 0 Å². The lowest BCUT2D eigenvalue weighted by Crippen LogP contribution is -2.19. The van der Waals surface area contributed by atoms with Gasteiger partial charge in [-0.1, -0.05) is 39.8 Å². The third-order valence-corrected chi connectivity index (χ3v) is 4.53. The van der Waals surface area contributed by atoms with Crippen LogP contribution in [-0.4, -0.2) is 6.54 Å². The number of halogens is 1. The highest BCUT2D eigenvalue weighted by molar-refractivity contribution is 9.10. The second-order valence-corrected chi connectivity index (χ2v) is 5.93. The molecule has 1 heterocycles. The van der Waals surface area contributed by atoms with E-state index in [2.05, 4.69) is 70.2 Å². The number of hydrogen-bond donors (Lipinski definition) is 0. The van der Waals surface area contributed by atoms with Crippen molar-refractivity contribution in [1.29, 1.82) is 0 Å². The fourth-order valence-corrected chi connectivity index (χ4v) is 3.57. The molecule has 0 N–H and O–H groups in total. The smallest absolute Gasteiger partial charge is 0.0564 e. The van der Waals surface area contributed by atoms with Crippen LogP contribution in [0.4, 0.5) is 11.4 Å². The lowest BCUT2D eigenvalue weighted by Gasteiger charge is -2.31. The number of para-hydroxylation sites is 1. The van der Waals surface area contributed by atoms with E-state index in [-0.39, 0.29) is 0 Å². The molecule has 86 valence electrons. The van der Waals surface area contributed by atoms with Crippen LogP contribution >= 0.6 is 27.7 Å². The van der Waals surface area contributed by atoms with Crippen molar-refractivity contribution in [2.24, 2.45) is 0 Å². The topological polar surface area (TPSA) is 3.24 Å². The minimum atomic E-state index is 0.987. The van der Waals surface area contributed by atoms with Gasteiger partial charge in [0.05, 0.1) is 11.4 Å². The van der Waals surface area contributed by atoms with Gasteiger partial charge in [-0.2, -0.15) is 0 Å². The molecule has 0 radical (unpaired) electrons. The summed E-state index contributed by atoms with van der Waals surface area (Å²) in [5.74, 6) is 0. The van der Waals surface area contributed by atoms with Crippen LogP contribution < -0.4 is 4.90 Å². The molecule has 0 saturated heterocycles. The monoisotopic (exact) mass is 305 g/mol. The molecule has 1 nitrogen and oxygen atoms in total. The van der Waals surface area contributed by atoms with Crippen molar-refractivity contribution in [2.75, 3.05) is 11.4 Å². The van der Waals surface area contributed by atoms with E-state index in [4.69, 9.17) is 0 Å². The van der Waals surface area contributed by atoms with Crippen LogP contribution in [0.1, 0.15) is 6.92 Å². The number of nitrogens with zero attached hydrogens (tertiary/aromatic N) is 1. The van der Waals surface area contributed by atoms with Crippen molar-refractivity contribution in [2.45, 2.75) is 16.7 Å². The van der Waals surface area contributed by atoms with Gasteiger partial charge in [-0.05, 0) is 37.3 Å². The van der Waals surface area contributed by atoms with Gasteiger partial charge >= 0.3 is 0 Å². The Morgan fingerprint density at radius 3 is 2.65 bits per heavy atom. The van der Waals surface area contributed by atoms with Gasteiger partial charge in [-0.3, -0.25) is 0 Å². The van der Waals surface area contributed by atoms with Crippen molar-refractivity contribution >= 4 is 39.1 Å². The van der Waals surface area contributed by atoms with Crippen LogP contribution in [0.25, 0.3) is 0 Å². The predicted octanol–water partition coefficient (Wildman–Crippen LogP) is 5.07. The molecule has 0 saturated carbocycles. The summed E-state index contributed by atoms with van der Waals surface area (Å²) in [4.78, 5) is 5.03. The highest BCUT2D eigenvalue weighted by Gasteiger charge is 2.21. The van der Waals surface area contributed by atoms with E-state index in [0.29, 0.717) is 0 Å². The Kier molecular flexibility index (Phi) is 2.89. The second-order valence-electron chi connectivity index (χ2n) is 3.93. The van der Waals surface area contributed by atoms with Gasteiger partial charge in [0.15, 0.2) is 0 Å². The summed E-state index contributed by atoms with van der Waals surface area (Å²) in [7, 11) is 0. The number of benzene rings is 2. The zero-order valence-corrected chi connectivity index (χ0v) is 11.9. The first-order valence-corrected chi connectivity index (χ1v) is 7.24. The fraction of sp³-hybridized carbons (Fsp3) is 0.143. The Morgan fingerprint density at radius 2 is 1.82 bits per heavy atom. The average Bonchev–Trinajstić information content (AvgIpc) is 2.36. The predicted molar refractivity (Wildman–Crippen MR) is 77.4 cm³/mol. The molecule has 3 heteroatoms. The Bertz CT molecular complexity index is 568. The zero-order chi connectivity index (χ0) is 11.8. The van der Waals surface area contributed by atoms with Crippen LogP contribution in [0, 0.1) is 0 Å². The number of anilines is 2. The molecule has 0 atom stereocenters. The van der Waals surface area contributed by atoms with E-state index in [9.17, 15) is 0 Å². The standard InChI is InChI=1S/C14H12BrNS/c1-2-16-11-5-3-4-6-13(11)17-14-8-7-10(15)9-12(14)16/h3-9H,2H2,1H3. The van der Waals surface area contributed by atoms with Gasteiger partial charge in [-0.25, -0.2) is 0 Å². The van der Waals surface area contributed by atoms with Crippen molar-refractivity contribution in [3.63, 3.8) is 0 Å². The molecule has 2 aromatic carbocycles. The maximum absolute atomic E-state index is 3.55. The van der Waals surface area contributed by atoms with Crippen molar-refractivity contribution in [1.82, 2.24) is 0 Å². The van der Waals surface area contributed by atoms with E-state index in [1.54, 1.807) is 0 Å². The van der Waals surface area contributed by atoms with Crippen molar-refractivity contribution in [3.8, 4) is 0 Å². The summed E-state index contributed by atoms with van der Waals surface area (Å²) in [5, 5.41) is 0. The second kappa shape index (κ2) is 4.39. The fourth-order valence-electron chi connectivity index (χ4n) is 2.14. The van der Waals surface area contributed by atoms with E-state index in [1.807, 2.05) is 11.8 Å². The molecule has 0 fully saturated rings. The maximum atomic E-state index is 3.55. The third-order valence-electron chi connectivity index (χ3n) is 2.90. The van der Waals surface area contributed by atoms with Crippen molar-refractivity contribution < 1.29 is 0 Å². The molecule has 0 bridgehead atoms.